The molecule has 0 saturated heterocycles. The lowest BCUT2D eigenvalue weighted by molar-refractivity contribution is 0.272. The molecule has 0 heterocycles. The number of rotatable bonds is 11. The van der Waals surface area contributed by atoms with E-state index in [0.29, 0.717) is 18.2 Å². The third-order valence-corrected chi connectivity index (χ3v) is 81.9. The lowest BCUT2D eigenvalue weighted by Gasteiger charge is -2.49. The fraction of sp³-hybridized carbons (Fsp3) is 0.294. The highest BCUT2D eigenvalue weighted by Gasteiger charge is 2.69. The third-order valence-electron chi connectivity index (χ3n) is 4.92. The van der Waals surface area contributed by atoms with Gasteiger partial charge in [-0.1, -0.05) is 31.4 Å². The van der Waals surface area contributed by atoms with E-state index in [1.54, 1.807) is 7.11 Å². The van der Waals surface area contributed by atoms with Crippen molar-refractivity contribution in [2.24, 2.45) is 0 Å². The van der Waals surface area contributed by atoms with Gasteiger partial charge < -0.3 is 23.1 Å². The summed E-state index contributed by atoms with van der Waals surface area (Å²) >= 11 is 0. The third kappa shape index (κ3) is 5.88. The van der Waals surface area contributed by atoms with Crippen LogP contribution in [0.1, 0.15) is 16.7 Å². The normalized spacial score (nSPS) is 13.4. The first-order chi connectivity index (χ1) is 14.5. The molecule has 0 fully saturated rings. The summed E-state index contributed by atoms with van der Waals surface area (Å²) < 4.78 is 22.4. The van der Waals surface area contributed by atoms with Gasteiger partial charge in [-0.3, -0.25) is 0 Å². The molecule has 0 spiro atoms. The quantitative estimate of drug-likeness (QED) is 0.274. The van der Waals surface area contributed by atoms with Crippen molar-refractivity contribution in [2.45, 2.75) is 26.0 Å². The highest BCUT2D eigenvalue weighted by molar-refractivity contribution is 8.11. The number of aliphatic hydroxyl groups excluding tert-OH is 1. The maximum absolute atomic E-state index is 9.82. The van der Waals surface area contributed by atoms with E-state index < -0.39 is 28.4 Å². The fourth-order valence-corrected chi connectivity index (χ4v) is 93.5. The number of terminal acetylenes is 3. The van der Waals surface area contributed by atoms with E-state index in [9.17, 15) is 5.11 Å². The molecule has 0 aromatic heterocycles. The molecule has 0 aliphatic rings. The molecule has 1 aromatic carbocycles. The largest absolute Gasteiger partial charge is 0.514 e. The van der Waals surface area contributed by atoms with E-state index in [0.717, 1.165) is 16.7 Å². The zero-order chi connectivity index (χ0) is 23.9. The van der Waals surface area contributed by atoms with Crippen LogP contribution in [0, 0.1) is 44.5 Å². The number of benzene rings is 1. The van der Waals surface area contributed by atoms with Crippen molar-refractivity contribution < 1.29 is 23.1 Å². The van der Waals surface area contributed by atoms with Crippen molar-refractivity contribution >= 4 is 77.2 Å². The van der Waals surface area contributed by atoms with Crippen LogP contribution in [0.15, 0.2) is 12.1 Å². The minimum atomic E-state index is -3.01. The van der Waals surface area contributed by atoms with E-state index in [1.807, 2.05) is 19.1 Å². The number of ether oxygens (including phenoxy) is 1. The molecule has 1 aromatic rings. The van der Waals surface area contributed by atoms with Crippen molar-refractivity contribution in [3.8, 4) is 43.3 Å². The Morgan fingerprint density at radius 3 is 2.03 bits per heavy atom. The molecule has 1 unspecified atom stereocenters. The van der Waals surface area contributed by atoms with Gasteiger partial charge in [0.1, 0.15) is 5.75 Å². The van der Waals surface area contributed by atoms with E-state index in [2.05, 4.69) is 67.1 Å². The van der Waals surface area contributed by atoms with Gasteiger partial charge in [0, 0.05) is 41.0 Å². The zero-order valence-corrected chi connectivity index (χ0v) is 26.1. The number of hydrogen-bond donors (Lipinski definition) is 1. The molecular formula is C17H18O5Si9. The Labute approximate surface area is 204 Å². The van der Waals surface area contributed by atoms with Crippen LogP contribution in [-0.2, 0) is 26.3 Å². The average molecular weight is 555 g/mol. The van der Waals surface area contributed by atoms with Gasteiger partial charge in [-0.2, -0.15) is 0 Å². The van der Waals surface area contributed by atoms with Gasteiger partial charge in [0.25, 0.3) is 0 Å². The maximum Gasteiger partial charge on any atom is 0.512 e. The van der Waals surface area contributed by atoms with Gasteiger partial charge in [-0.05, 0) is 30.5 Å². The van der Waals surface area contributed by atoms with Gasteiger partial charge in [0.05, 0.1) is 51.6 Å². The molecule has 0 bridgehead atoms. The van der Waals surface area contributed by atoms with Crippen molar-refractivity contribution in [2.75, 3.05) is 7.11 Å². The summed E-state index contributed by atoms with van der Waals surface area (Å²) in [5, 5.41) is 9.82. The summed E-state index contributed by atoms with van der Waals surface area (Å²) in [6, 6.07) is 4.39. The van der Waals surface area contributed by atoms with Gasteiger partial charge in [0.2, 0.25) is 6.87 Å². The summed E-state index contributed by atoms with van der Waals surface area (Å²) in [7, 11) is 18.6. The van der Waals surface area contributed by atoms with Crippen molar-refractivity contribution in [1.82, 2.24) is 0 Å². The molecule has 31 heavy (non-hydrogen) atoms. The van der Waals surface area contributed by atoms with Crippen molar-refractivity contribution in [3.05, 3.63) is 28.8 Å². The van der Waals surface area contributed by atoms with E-state index in [4.69, 9.17) is 37.3 Å². The van der Waals surface area contributed by atoms with Crippen LogP contribution in [0.5, 0.6) is 5.75 Å². The molecule has 1 rings (SSSR count). The fourth-order valence-electron chi connectivity index (χ4n) is 3.27. The number of aryl methyl sites for hydroxylation is 1. The maximum atomic E-state index is 9.82. The van der Waals surface area contributed by atoms with Crippen LogP contribution in [0.4, 0.5) is 0 Å². The Morgan fingerprint density at radius 1 is 1.03 bits per heavy atom. The molecule has 1 atom stereocenters. The molecule has 14 heteroatoms. The SMILES string of the molecule is C#CO[Si](OC#C)[Si](CCc1ccc(OC)c(CO)c1C)([Si]([Si])([Si])[Si])[Si]([Si])([Si])OC#C. The first kappa shape index (κ1) is 28.0. The van der Waals surface area contributed by atoms with Crippen LogP contribution in [-0.4, -0.2) is 89.5 Å². The first-order valence-electron chi connectivity index (χ1n) is 8.74. The lowest BCUT2D eigenvalue weighted by atomic mass is 10.00. The Bertz CT molecular complexity index is 881. The Morgan fingerprint density at radius 2 is 1.61 bits per heavy atom. The second kappa shape index (κ2) is 11.8. The lowest BCUT2D eigenvalue weighted by Crippen LogP contribution is -2.88. The van der Waals surface area contributed by atoms with Crippen LogP contribution in [0.25, 0.3) is 0 Å². The van der Waals surface area contributed by atoms with Gasteiger partial charge in [-0.25, -0.2) is 0 Å². The highest BCUT2D eigenvalue weighted by Crippen LogP contribution is 2.33. The van der Waals surface area contributed by atoms with Crippen molar-refractivity contribution in [3.63, 3.8) is 0 Å². The molecule has 5 nitrogen and oxygen atoms in total. The molecular weight excluding hydrogens is 537 g/mol. The van der Waals surface area contributed by atoms with Gasteiger partial charge >= 0.3 is 8.80 Å². The monoisotopic (exact) mass is 554 g/mol. The van der Waals surface area contributed by atoms with Crippen LogP contribution in [0.3, 0.4) is 0 Å². The van der Waals surface area contributed by atoms with Crippen LogP contribution in [0.2, 0.25) is 6.04 Å². The van der Waals surface area contributed by atoms with Crippen LogP contribution < -0.4 is 4.74 Å². The predicted molar refractivity (Wildman–Crippen MR) is 134 cm³/mol. The average Bonchev–Trinajstić information content (AvgIpc) is 2.68. The summed E-state index contributed by atoms with van der Waals surface area (Å²) in [6.07, 6.45) is 21.2. The first-order valence-corrected chi connectivity index (χ1v) is 26.7. The molecule has 1 N–H and O–H groups in total. The second-order valence-corrected chi connectivity index (χ2v) is 55.1. The number of aliphatic hydroxyl groups is 1. The van der Waals surface area contributed by atoms with Gasteiger partial charge in [0.15, 0.2) is 6.63 Å². The van der Waals surface area contributed by atoms with Crippen LogP contribution >= 0.6 is 0 Å². The molecule has 0 aliphatic heterocycles. The Hall–Kier alpha value is -0.988. The summed E-state index contributed by atoms with van der Waals surface area (Å²) in [6.45, 7) is -4.11. The summed E-state index contributed by atoms with van der Waals surface area (Å²) in [4.78, 5) is 0. The molecule has 0 aliphatic carbocycles. The zero-order valence-electron chi connectivity index (χ0n) is 17.1. The minimum absolute atomic E-state index is 0.136. The second-order valence-electron chi connectivity index (χ2n) is 6.47. The van der Waals surface area contributed by atoms with Gasteiger partial charge in [-0.15, -0.1) is 0 Å². The summed E-state index contributed by atoms with van der Waals surface area (Å²) in [5.74, 6) is 0.632. The van der Waals surface area contributed by atoms with E-state index in [1.165, 1.54) is 0 Å². The topological polar surface area (TPSA) is 57.2 Å². The van der Waals surface area contributed by atoms with Crippen molar-refractivity contribution in [1.29, 1.82) is 0 Å². The molecule has 152 valence electrons. The smallest absolute Gasteiger partial charge is 0.512 e. The molecule has 0 amide bonds. The highest BCUT2D eigenvalue weighted by atomic mass is 30.4. The Kier molecular flexibility index (Phi) is 10.6. The Balaban J connectivity index is 3.64. The molecule has 0 saturated carbocycles. The number of hydrogen-bond acceptors (Lipinski definition) is 5. The van der Waals surface area contributed by atoms with E-state index >= 15 is 0 Å². The summed E-state index contributed by atoms with van der Waals surface area (Å²) in [5.41, 5.74) is 2.69. The standard InChI is InChI=1S/C17H18O5Si9/c1-6-20-28(21-7-2)29(31(25,26)27,30(23,24)22-8-3)12-11-15-9-10-17(19-5)16(13-18)14(15)4/h1-3,9-10,18H,11-13H2,4-5H3. The predicted octanol–water partition coefficient (Wildman–Crippen LogP) is -1.25. The molecule has 16 radical (unpaired) electrons. The number of methoxy groups -OCH3 is 1. The minimum Gasteiger partial charge on any atom is -0.514 e. The van der Waals surface area contributed by atoms with E-state index in [-0.39, 0.29) is 6.61 Å².